The molecule has 1 atom stereocenters. The first-order valence-corrected chi connectivity index (χ1v) is 8.14. The van der Waals surface area contributed by atoms with Gasteiger partial charge >= 0.3 is 0 Å². The van der Waals surface area contributed by atoms with Crippen LogP contribution in [0.3, 0.4) is 0 Å². The van der Waals surface area contributed by atoms with Crippen LogP contribution in [0.4, 0.5) is 11.4 Å². The molecule has 7 nitrogen and oxygen atoms in total. The Labute approximate surface area is 149 Å². The lowest BCUT2D eigenvalue weighted by atomic mass is 10.1. The lowest BCUT2D eigenvalue weighted by Crippen LogP contribution is -2.87. The van der Waals surface area contributed by atoms with Gasteiger partial charge in [0.15, 0.2) is 6.04 Å². The molecule has 8 heteroatoms. The number of amides is 1. The number of aliphatic hydroxyl groups excluding tert-OH is 1. The van der Waals surface area contributed by atoms with Crippen molar-refractivity contribution >= 4 is 28.9 Å². The van der Waals surface area contributed by atoms with E-state index in [1.807, 2.05) is 35.6 Å². The van der Waals surface area contributed by atoms with Crippen LogP contribution in [0, 0.1) is 10.1 Å². The third-order valence-electron chi connectivity index (χ3n) is 3.62. The minimum atomic E-state index is -0.597. The highest BCUT2D eigenvalue weighted by Crippen LogP contribution is 2.27. The number of nitrogens with zero attached hydrogens (tertiary/aromatic N) is 1. The molecule has 0 bridgehead atoms. The van der Waals surface area contributed by atoms with Crippen molar-refractivity contribution in [3.05, 3.63) is 69.2 Å². The molecule has 0 aliphatic rings. The van der Waals surface area contributed by atoms with E-state index in [2.05, 4.69) is 5.32 Å². The van der Waals surface area contributed by atoms with Gasteiger partial charge < -0.3 is 15.7 Å². The van der Waals surface area contributed by atoms with Crippen molar-refractivity contribution in [1.29, 1.82) is 0 Å². The maximum absolute atomic E-state index is 12.7. The zero-order valence-electron chi connectivity index (χ0n) is 13.4. The van der Waals surface area contributed by atoms with Gasteiger partial charge in [-0.2, -0.15) is 0 Å². The molecule has 4 N–H and O–H groups in total. The van der Waals surface area contributed by atoms with Gasteiger partial charge in [0.05, 0.1) is 11.5 Å². The Morgan fingerprint density at radius 3 is 2.64 bits per heavy atom. The predicted octanol–water partition coefficient (Wildman–Crippen LogP) is 1.87. The Balaban J connectivity index is 2.19. The monoisotopic (exact) mass is 364 g/mol. The van der Waals surface area contributed by atoms with Crippen molar-refractivity contribution in [1.82, 2.24) is 0 Å². The summed E-state index contributed by atoms with van der Waals surface area (Å²) < 4.78 is 0. The molecule has 0 saturated heterocycles. The van der Waals surface area contributed by atoms with Crippen LogP contribution in [-0.2, 0) is 4.79 Å². The molecule has 0 aromatic heterocycles. The highest BCUT2D eigenvalue weighted by atomic mass is 35.5. The van der Waals surface area contributed by atoms with Crippen LogP contribution in [0.25, 0.3) is 0 Å². The van der Waals surface area contributed by atoms with Gasteiger partial charge in [0.2, 0.25) is 0 Å². The Morgan fingerprint density at radius 1 is 1.28 bits per heavy atom. The number of nitro benzene ring substituents is 1. The van der Waals surface area contributed by atoms with Crippen molar-refractivity contribution in [2.45, 2.75) is 12.5 Å². The maximum atomic E-state index is 12.7. The Bertz CT molecular complexity index is 740. The summed E-state index contributed by atoms with van der Waals surface area (Å²) in [5.41, 5.74) is 0.846. The number of carbonyl (C=O) groups is 1. The Hall–Kier alpha value is -2.48. The predicted molar refractivity (Wildman–Crippen MR) is 94.4 cm³/mol. The first-order valence-electron chi connectivity index (χ1n) is 7.77. The van der Waals surface area contributed by atoms with E-state index >= 15 is 0 Å². The van der Waals surface area contributed by atoms with Gasteiger partial charge in [-0.05, 0) is 12.1 Å². The molecule has 0 fully saturated rings. The number of nitro groups is 1. The fourth-order valence-electron chi connectivity index (χ4n) is 2.38. The molecule has 0 aliphatic heterocycles. The summed E-state index contributed by atoms with van der Waals surface area (Å²) in [7, 11) is 0. The highest BCUT2D eigenvalue weighted by molar-refractivity contribution is 6.32. The largest absolute Gasteiger partial charge is 0.396 e. The first-order chi connectivity index (χ1) is 12.0. The normalized spacial score (nSPS) is 11.8. The van der Waals surface area contributed by atoms with Crippen molar-refractivity contribution < 1.29 is 20.1 Å². The molecule has 0 heterocycles. The van der Waals surface area contributed by atoms with Gasteiger partial charge in [-0.25, -0.2) is 0 Å². The standard InChI is InChI=1S/C17H18ClN3O4/c18-14-8-7-13(11-15(14)21(24)25)20-17(23)16(19-9-4-10-22)12-5-2-1-3-6-12/h1-3,5-8,11,16,19,22H,4,9-10H2,(H,20,23)/p+1/t16-/m1/s1. The summed E-state index contributed by atoms with van der Waals surface area (Å²) in [6.45, 7) is 0.618. The number of benzene rings is 2. The molecule has 0 spiro atoms. The average Bonchev–Trinajstić information content (AvgIpc) is 2.61. The van der Waals surface area contributed by atoms with E-state index in [4.69, 9.17) is 16.7 Å². The van der Waals surface area contributed by atoms with Gasteiger partial charge in [0.1, 0.15) is 5.02 Å². The van der Waals surface area contributed by atoms with Crippen molar-refractivity contribution in [3.8, 4) is 0 Å². The number of hydrogen-bond donors (Lipinski definition) is 3. The number of hydrogen-bond acceptors (Lipinski definition) is 4. The van der Waals surface area contributed by atoms with Crippen molar-refractivity contribution in [3.63, 3.8) is 0 Å². The number of quaternary nitrogens is 1. The molecule has 2 aromatic carbocycles. The molecule has 0 saturated carbocycles. The molecule has 1 amide bonds. The van der Waals surface area contributed by atoms with Crippen molar-refractivity contribution in [2.75, 3.05) is 18.5 Å². The van der Waals surface area contributed by atoms with Crippen LogP contribution in [0.1, 0.15) is 18.0 Å². The lowest BCUT2D eigenvalue weighted by molar-refractivity contribution is -0.682. The average molecular weight is 365 g/mol. The maximum Gasteiger partial charge on any atom is 0.289 e. The number of nitrogens with two attached hydrogens (primary N) is 1. The van der Waals surface area contributed by atoms with Crippen LogP contribution in [0.15, 0.2) is 48.5 Å². The SMILES string of the molecule is O=C(Nc1ccc(Cl)c([N+](=O)[O-])c1)[C@H]([NH2+]CCCO)c1ccccc1. The van der Waals surface area contributed by atoms with Crippen molar-refractivity contribution in [2.24, 2.45) is 0 Å². The van der Waals surface area contributed by atoms with Crippen LogP contribution in [0.5, 0.6) is 0 Å². The third-order valence-corrected chi connectivity index (χ3v) is 3.94. The third kappa shape index (κ3) is 5.25. The van der Waals surface area contributed by atoms with Crippen LogP contribution >= 0.6 is 11.6 Å². The Morgan fingerprint density at radius 2 is 2.00 bits per heavy atom. The molecule has 0 radical (unpaired) electrons. The van der Waals surface area contributed by atoms with Gasteiger partial charge in [-0.15, -0.1) is 0 Å². The second-order valence-electron chi connectivity index (χ2n) is 5.40. The van der Waals surface area contributed by atoms with Gasteiger partial charge in [-0.3, -0.25) is 14.9 Å². The highest BCUT2D eigenvalue weighted by Gasteiger charge is 2.24. The van der Waals surface area contributed by atoms with Gasteiger partial charge in [0, 0.05) is 30.3 Å². The fraction of sp³-hybridized carbons (Fsp3) is 0.235. The van der Waals surface area contributed by atoms with E-state index in [9.17, 15) is 14.9 Å². The fourth-order valence-corrected chi connectivity index (χ4v) is 2.57. The van der Waals surface area contributed by atoms with E-state index in [0.29, 0.717) is 18.7 Å². The van der Waals surface area contributed by atoms with Crippen LogP contribution < -0.4 is 10.6 Å². The minimum Gasteiger partial charge on any atom is -0.396 e. The molecular weight excluding hydrogens is 346 g/mol. The van der Waals surface area contributed by atoms with Crippen LogP contribution in [0.2, 0.25) is 5.02 Å². The summed E-state index contributed by atoms with van der Waals surface area (Å²) in [5.74, 6) is -0.305. The zero-order valence-corrected chi connectivity index (χ0v) is 14.1. The molecule has 0 aliphatic carbocycles. The first kappa shape index (κ1) is 18.9. The van der Waals surface area contributed by atoms with E-state index in [0.717, 1.165) is 5.56 Å². The second-order valence-corrected chi connectivity index (χ2v) is 5.81. The quantitative estimate of drug-likeness (QED) is 0.377. The summed E-state index contributed by atoms with van der Waals surface area (Å²) >= 11 is 5.79. The number of rotatable bonds is 8. The number of nitrogens with one attached hydrogen (secondary N) is 1. The van der Waals surface area contributed by atoms with E-state index < -0.39 is 11.0 Å². The van der Waals surface area contributed by atoms with Gasteiger partial charge in [-0.1, -0.05) is 41.9 Å². The topological polar surface area (TPSA) is 109 Å². The number of anilines is 1. The smallest absolute Gasteiger partial charge is 0.289 e. The molecule has 132 valence electrons. The minimum absolute atomic E-state index is 0.0112. The number of halogens is 1. The number of carbonyl (C=O) groups excluding carboxylic acids is 1. The van der Waals surface area contributed by atoms with Gasteiger partial charge in [0.25, 0.3) is 11.6 Å². The molecular formula is C17H19ClN3O4+. The molecule has 0 unspecified atom stereocenters. The summed E-state index contributed by atoms with van der Waals surface area (Å²) in [6, 6.07) is 12.8. The second kappa shape index (κ2) is 9.12. The number of aliphatic hydroxyl groups is 1. The summed E-state index contributed by atoms with van der Waals surface area (Å²) in [6.07, 6.45) is 0.559. The van der Waals surface area contributed by atoms with E-state index in [1.54, 1.807) is 0 Å². The van der Waals surface area contributed by atoms with E-state index in [-0.39, 0.29) is 23.2 Å². The zero-order chi connectivity index (χ0) is 18.2. The summed E-state index contributed by atoms with van der Waals surface area (Å²) in [4.78, 5) is 23.0. The molecule has 25 heavy (non-hydrogen) atoms. The summed E-state index contributed by atoms with van der Waals surface area (Å²) in [5, 5.41) is 24.4. The van der Waals surface area contributed by atoms with E-state index in [1.165, 1.54) is 18.2 Å². The molecule has 2 aromatic rings. The molecule has 2 rings (SSSR count). The lowest BCUT2D eigenvalue weighted by Gasteiger charge is -2.16. The van der Waals surface area contributed by atoms with Crippen LogP contribution in [-0.4, -0.2) is 29.1 Å². The Kier molecular flexibility index (Phi) is 6.88.